The molecule has 2 aromatic carbocycles. The Kier molecular flexibility index (Phi) is 7.94. The Morgan fingerprint density at radius 2 is 1.75 bits per heavy atom. The highest BCUT2D eigenvalue weighted by molar-refractivity contribution is 5.88. The van der Waals surface area contributed by atoms with Crippen molar-refractivity contribution < 1.29 is 14.3 Å². The van der Waals surface area contributed by atoms with Gasteiger partial charge >= 0.3 is 0 Å². The van der Waals surface area contributed by atoms with Gasteiger partial charge in [-0.2, -0.15) is 0 Å². The molecule has 0 heterocycles. The standard InChI is InChI=1S/C27H36N2O3/c1-18-14-20(3)21(4)25(15-18)32-17-26(30)29(16-23-11-7-6-10-19(23)2)22(5)27(31)28-24-12-8-9-13-24/h6-7,10-11,14-15,22,24H,8-9,12-13,16-17H2,1-5H3,(H,28,31)/t22-/m1/s1. The van der Waals surface area contributed by atoms with Gasteiger partial charge in [0.25, 0.3) is 5.91 Å². The fourth-order valence-corrected chi connectivity index (χ4v) is 4.32. The highest BCUT2D eigenvalue weighted by Crippen LogP contribution is 2.24. The van der Waals surface area contributed by atoms with E-state index >= 15 is 0 Å². The number of rotatable bonds is 8. The van der Waals surface area contributed by atoms with E-state index in [0.29, 0.717) is 6.54 Å². The Hall–Kier alpha value is -2.82. The Morgan fingerprint density at radius 1 is 1.06 bits per heavy atom. The lowest BCUT2D eigenvalue weighted by atomic mass is 10.1. The average molecular weight is 437 g/mol. The Bertz CT molecular complexity index is 963. The van der Waals surface area contributed by atoms with Crippen LogP contribution < -0.4 is 10.1 Å². The fraction of sp³-hybridized carbons (Fsp3) is 0.481. The van der Waals surface area contributed by atoms with E-state index in [2.05, 4.69) is 11.4 Å². The van der Waals surface area contributed by atoms with E-state index in [9.17, 15) is 9.59 Å². The van der Waals surface area contributed by atoms with Crippen molar-refractivity contribution >= 4 is 11.8 Å². The molecule has 2 amide bonds. The molecule has 0 spiro atoms. The number of carbonyl (C=O) groups excluding carboxylic acids is 2. The molecule has 0 bridgehead atoms. The molecule has 0 aliphatic heterocycles. The lowest BCUT2D eigenvalue weighted by Gasteiger charge is -2.30. The molecule has 5 nitrogen and oxygen atoms in total. The topological polar surface area (TPSA) is 58.6 Å². The monoisotopic (exact) mass is 436 g/mol. The summed E-state index contributed by atoms with van der Waals surface area (Å²) in [5.41, 5.74) is 5.38. The number of aryl methyl sites for hydroxylation is 3. The van der Waals surface area contributed by atoms with E-state index in [-0.39, 0.29) is 24.5 Å². The largest absolute Gasteiger partial charge is 0.483 e. The minimum absolute atomic E-state index is 0.0959. The zero-order valence-electron chi connectivity index (χ0n) is 20.0. The van der Waals surface area contributed by atoms with Crippen LogP contribution in [0.2, 0.25) is 0 Å². The van der Waals surface area contributed by atoms with Crippen molar-refractivity contribution in [1.29, 1.82) is 0 Å². The van der Waals surface area contributed by atoms with Gasteiger partial charge in [0, 0.05) is 12.6 Å². The first-order valence-corrected chi connectivity index (χ1v) is 11.6. The van der Waals surface area contributed by atoms with Crippen LogP contribution in [0.4, 0.5) is 0 Å². The summed E-state index contributed by atoms with van der Waals surface area (Å²) in [6.07, 6.45) is 4.32. The lowest BCUT2D eigenvalue weighted by molar-refractivity contribution is -0.142. The third kappa shape index (κ3) is 5.90. The van der Waals surface area contributed by atoms with Gasteiger partial charge in [-0.15, -0.1) is 0 Å². The van der Waals surface area contributed by atoms with E-state index in [1.807, 2.05) is 65.0 Å². The zero-order chi connectivity index (χ0) is 23.3. The summed E-state index contributed by atoms with van der Waals surface area (Å²) < 4.78 is 5.95. The average Bonchev–Trinajstić information content (AvgIpc) is 3.27. The molecule has 1 N–H and O–H groups in total. The van der Waals surface area contributed by atoms with Gasteiger partial charge in [-0.3, -0.25) is 9.59 Å². The molecule has 3 rings (SSSR count). The summed E-state index contributed by atoms with van der Waals surface area (Å²) in [5.74, 6) is 0.428. The molecule has 172 valence electrons. The third-order valence-corrected chi connectivity index (χ3v) is 6.59. The summed E-state index contributed by atoms with van der Waals surface area (Å²) in [6, 6.07) is 11.7. The van der Waals surface area contributed by atoms with Crippen LogP contribution in [0.25, 0.3) is 0 Å². The van der Waals surface area contributed by atoms with Crippen LogP contribution in [-0.2, 0) is 16.1 Å². The normalized spacial score (nSPS) is 14.8. The van der Waals surface area contributed by atoms with Crippen molar-refractivity contribution in [1.82, 2.24) is 10.2 Å². The summed E-state index contributed by atoms with van der Waals surface area (Å²) >= 11 is 0. The maximum Gasteiger partial charge on any atom is 0.261 e. The number of hydrogen-bond acceptors (Lipinski definition) is 3. The summed E-state index contributed by atoms with van der Waals surface area (Å²) in [4.78, 5) is 28.0. The van der Waals surface area contributed by atoms with E-state index in [1.54, 1.807) is 4.90 Å². The molecule has 32 heavy (non-hydrogen) atoms. The highest BCUT2D eigenvalue weighted by atomic mass is 16.5. The third-order valence-electron chi connectivity index (χ3n) is 6.59. The lowest BCUT2D eigenvalue weighted by Crippen LogP contribution is -2.50. The molecule has 1 fully saturated rings. The van der Waals surface area contributed by atoms with Gasteiger partial charge in [-0.25, -0.2) is 0 Å². The zero-order valence-corrected chi connectivity index (χ0v) is 20.0. The Morgan fingerprint density at radius 3 is 2.44 bits per heavy atom. The minimum Gasteiger partial charge on any atom is -0.483 e. The summed E-state index contributed by atoms with van der Waals surface area (Å²) in [7, 11) is 0. The van der Waals surface area contributed by atoms with Gasteiger partial charge in [0.2, 0.25) is 5.91 Å². The predicted molar refractivity (Wildman–Crippen MR) is 128 cm³/mol. The molecular formula is C27H36N2O3. The van der Waals surface area contributed by atoms with E-state index in [0.717, 1.165) is 59.3 Å². The van der Waals surface area contributed by atoms with Gasteiger partial charge in [-0.1, -0.05) is 43.2 Å². The maximum absolute atomic E-state index is 13.3. The first-order valence-electron chi connectivity index (χ1n) is 11.6. The van der Waals surface area contributed by atoms with Crippen LogP contribution in [0, 0.1) is 27.7 Å². The molecular weight excluding hydrogens is 400 g/mol. The van der Waals surface area contributed by atoms with Crippen LogP contribution in [0.3, 0.4) is 0 Å². The van der Waals surface area contributed by atoms with Crippen LogP contribution >= 0.6 is 0 Å². The number of hydrogen-bond donors (Lipinski definition) is 1. The second kappa shape index (κ2) is 10.7. The van der Waals surface area contributed by atoms with Crippen LogP contribution in [0.15, 0.2) is 36.4 Å². The number of nitrogens with one attached hydrogen (secondary N) is 1. The summed E-state index contributed by atoms with van der Waals surface area (Å²) in [6.45, 7) is 10.2. The Balaban J connectivity index is 1.76. The number of nitrogens with zero attached hydrogens (tertiary/aromatic N) is 1. The molecule has 0 aromatic heterocycles. The van der Waals surface area contributed by atoms with Crippen molar-refractivity contribution in [3.05, 3.63) is 64.2 Å². The molecule has 2 aromatic rings. The second-order valence-corrected chi connectivity index (χ2v) is 9.11. The van der Waals surface area contributed by atoms with Crippen molar-refractivity contribution in [2.24, 2.45) is 0 Å². The van der Waals surface area contributed by atoms with Crippen LogP contribution in [0.5, 0.6) is 5.75 Å². The number of amides is 2. The molecule has 1 atom stereocenters. The van der Waals surface area contributed by atoms with Crippen molar-refractivity contribution in [2.75, 3.05) is 6.61 Å². The Labute approximate surface area is 192 Å². The van der Waals surface area contributed by atoms with Gasteiger partial charge in [0.05, 0.1) is 0 Å². The molecule has 0 radical (unpaired) electrons. The van der Waals surface area contributed by atoms with Gasteiger partial charge in [-0.05, 0) is 81.3 Å². The quantitative estimate of drug-likeness (QED) is 0.648. The van der Waals surface area contributed by atoms with E-state index in [1.165, 1.54) is 0 Å². The number of benzene rings is 2. The number of ether oxygens (including phenoxy) is 1. The van der Waals surface area contributed by atoms with Crippen LogP contribution in [0.1, 0.15) is 60.4 Å². The SMILES string of the molecule is Cc1cc(C)c(C)c(OCC(=O)N(Cc2ccccc2C)[C@H](C)C(=O)NC2CCCC2)c1. The van der Waals surface area contributed by atoms with Gasteiger partial charge < -0.3 is 15.0 Å². The molecule has 0 unspecified atom stereocenters. The van der Waals surface area contributed by atoms with Crippen molar-refractivity contribution in [3.8, 4) is 5.75 Å². The fourth-order valence-electron chi connectivity index (χ4n) is 4.32. The van der Waals surface area contributed by atoms with Gasteiger partial charge in [0.15, 0.2) is 6.61 Å². The first kappa shape index (κ1) is 23.8. The van der Waals surface area contributed by atoms with Crippen molar-refractivity contribution in [3.63, 3.8) is 0 Å². The first-order chi connectivity index (χ1) is 15.3. The number of carbonyl (C=O) groups is 2. The highest BCUT2D eigenvalue weighted by Gasteiger charge is 2.29. The molecule has 5 heteroatoms. The van der Waals surface area contributed by atoms with Crippen LogP contribution in [-0.4, -0.2) is 35.4 Å². The molecule has 1 saturated carbocycles. The molecule has 1 aliphatic rings. The van der Waals surface area contributed by atoms with Gasteiger partial charge in [0.1, 0.15) is 11.8 Å². The van der Waals surface area contributed by atoms with E-state index < -0.39 is 6.04 Å². The maximum atomic E-state index is 13.3. The smallest absolute Gasteiger partial charge is 0.261 e. The predicted octanol–water partition coefficient (Wildman–Crippen LogP) is 4.78. The van der Waals surface area contributed by atoms with Crippen molar-refractivity contribution in [2.45, 2.75) is 78.9 Å². The second-order valence-electron chi connectivity index (χ2n) is 9.11. The molecule has 0 saturated heterocycles. The minimum atomic E-state index is -0.577. The summed E-state index contributed by atoms with van der Waals surface area (Å²) in [5, 5.41) is 3.14. The van der Waals surface area contributed by atoms with E-state index in [4.69, 9.17) is 4.74 Å². The molecule has 1 aliphatic carbocycles.